The Kier molecular flexibility index (Phi) is 7.65. The van der Waals surface area contributed by atoms with Gasteiger partial charge in [0, 0.05) is 30.5 Å². The minimum atomic E-state index is 0.524. The molecule has 3 nitrogen and oxygen atoms in total. The maximum atomic E-state index is 5.82. The summed E-state index contributed by atoms with van der Waals surface area (Å²) in [7, 11) is 0. The van der Waals surface area contributed by atoms with Crippen LogP contribution in [-0.2, 0) is 0 Å². The largest absolute Gasteiger partial charge is 0.494 e. The lowest BCUT2D eigenvalue weighted by molar-refractivity contribution is 0.289. The minimum absolute atomic E-state index is 0.524. The second-order valence-electron chi connectivity index (χ2n) is 7.15. The molecule has 0 aliphatic carbocycles. The standard InChI is InChI=1S/C22H32N2O/c1-17(2)12-15-25-20-9-7-8-19(16-20)23-13-14-24-22-11-6-5-10-21(22)18(3)4/h5-11,16-18,23-24H,12-15H2,1-4H3. The second-order valence-corrected chi connectivity index (χ2v) is 7.15. The molecule has 0 heterocycles. The molecule has 0 aliphatic heterocycles. The summed E-state index contributed by atoms with van der Waals surface area (Å²) in [6, 6.07) is 16.7. The summed E-state index contributed by atoms with van der Waals surface area (Å²) >= 11 is 0. The smallest absolute Gasteiger partial charge is 0.121 e. The van der Waals surface area contributed by atoms with Crippen molar-refractivity contribution in [3.05, 3.63) is 54.1 Å². The molecule has 2 N–H and O–H groups in total. The van der Waals surface area contributed by atoms with Gasteiger partial charge in [-0.3, -0.25) is 0 Å². The van der Waals surface area contributed by atoms with Crippen molar-refractivity contribution in [3.63, 3.8) is 0 Å². The van der Waals surface area contributed by atoms with Gasteiger partial charge in [-0.15, -0.1) is 0 Å². The topological polar surface area (TPSA) is 33.3 Å². The van der Waals surface area contributed by atoms with Gasteiger partial charge in [0.25, 0.3) is 0 Å². The van der Waals surface area contributed by atoms with E-state index >= 15 is 0 Å². The van der Waals surface area contributed by atoms with Crippen molar-refractivity contribution in [1.82, 2.24) is 0 Å². The van der Waals surface area contributed by atoms with Gasteiger partial charge in [0.15, 0.2) is 0 Å². The van der Waals surface area contributed by atoms with E-state index in [1.807, 2.05) is 12.1 Å². The van der Waals surface area contributed by atoms with Gasteiger partial charge in [-0.1, -0.05) is 52.0 Å². The van der Waals surface area contributed by atoms with Gasteiger partial charge in [0.2, 0.25) is 0 Å². The molecule has 25 heavy (non-hydrogen) atoms. The molecule has 0 amide bonds. The zero-order valence-corrected chi connectivity index (χ0v) is 16.0. The van der Waals surface area contributed by atoms with E-state index in [0.29, 0.717) is 11.8 Å². The van der Waals surface area contributed by atoms with Crippen LogP contribution in [0.5, 0.6) is 5.75 Å². The highest BCUT2D eigenvalue weighted by Crippen LogP contribution is 2.23. The van der Waals surface area contributed by atoms with Crippen molar-refractivity contribution in [1.29, 1.82) is 0 Å². The van der Waals surface area contributed by atoms with Gasteiger partial charge >= 0.3 is 0 Å². The van der Waals surface area contributed by atoms with Crippen LogP contribution in [0.15, 0.2) is 48.5 Å². The number of hydrogen-bond donors (Lipinski definition) is 2. The molecule has 0 unspecified atom stereocenters. The Balaban J connectivity index is 1.78. The van der Waals surface area contributed by atoms with E-state index < -0.39 is 0 Å². The molecule has 0 bridgehead atoms. The second kappa shape index (κ2) is 9.97. The summed E-state index contributed by atoms with van der Waals surface area (Å²) < 4.78 is 5.82. The van der Waals surface area contributed by atoms with Gasteiger partial charge in [-0.25, -0.2) is 0 Å². The summed E-state index contributed by atoms with van der Waals surface area (Å²) in [5.74, 6) is 2.13. The Morgan fingerprint density at radius 3 is 2.40 bits per heavy atom. The van der Waals surface area contributed by atoms with E-state index in [0.717, 1.165) is 37.6 Å². The lowest BCUT2D eigenvalue weighted by Gasteiger charge is -2.15. The highest BCUT2D eigenvalue weighted by Gasteiger charge is 2.04. The van der Waals surface area contributed by atoms with Gasteiger partial charge in [-0.2, -0.15) is 0 Å². The average molecular weight is 341 g/mol. The lowest BCUT2D eigenvalue weighted by atomic mass is 10.0. The number of anilines is 2. The molecule has 0 fully saturated rings. The quantitative estimate of drug-likeness (QED) is 0.540. The third-order valence-electron chi connectivity index (χ3n) is 4.15. The first-order valence-corrected chi connectivity index (χ1v) is 9.35. The highest BCUT2D eigenvalue weighted by atomic mass is 16.5. The molecule has 0 radical (unpaired) electrons. The molecule has 0 atom stereocenters. The van der Waals surface area contributed by atoms with Crippen LogP contribution in [0, 0.1) is 5.92 Å². The van der Waals surface area contributed by atoms with Gasteiger partial charge in [0.05, 0.1) is 6.61 Å². The third kappa shape index (κ3) is 6.69. The van der Waals surface area contributed by atoms with Crippen molar-refractivity contribution in [2.45, 2.75) is 40.0 Å². The lowest BCUT2D eigenvalue weighted by Crippen LogP contribution is -2.14. The van der Waals surface area contributed by atoms with Crippen LogP contribution in [0.25, 0.3) is 0 Å². The maximum Gasteiger partial charge on any atom is 0.121 e. The first-order valence-electron chi connectivity index (χ1n) is 9.35. The molecule has 0 spiro atoms. The van der Waals surface area contributed by atoms with Crippen molar-refractivity contribution >= 4 is 11.4 Å². The highest BCUT2D eigenvalue weighted by molar-refractivity contribution is 5.53. The van der Waals surface area contributed by atoms with Gasteiger partial charge in [-0.05, 0) is 42.0 Å². The number of benzene rings is 2. The first kappa shape index (κ1) is 19.2. The monoisotopic (exact) mass is 340 g/mol. The van der Waals surface area contributed by atoms with Crippen LogP contribution >= 0.6 is 0 Å². The molecule has 0 saturated heterocycles. The van der Waals surface area contributed by atoms with Crippen molar-refractivity contribution < 1.29 is 4.74 Å². The zero-order chi connectivity index (χ0) is 18.1. The Morgan fingerprint density at radius 2 is 1.64 bits per heavy atom. The SMILES string of the molecule is CC(C)CCOc1cccc(NCCNc2ccccc2C(C)C)c1. The zero-order valence-electron chi connectivity index (χ0n) is 16.0. The fourth-order valence-corrected chi connectivity index (χ4v) is 2.67. The van der Waals surface area contributed by atoms with Crippen LogP contribution in [0.4, 0.5) is 11.4 Å². The van der Waals surface area contributed by atoms with E-state index in [1.54, 1.807) is 0 Å². The van der Waals surface area contributed by atoms with Crippen LogP contribution < -0.4 is 15.4 Å². The Hall–Kier alpha value is -2.16. The number of para-hydroxylation sites is 1. The first-order chi connectivity index (χ1) is 12.1. The molecule has 2 aromatic carbocycles. The number of rotatable bonds is 10. The van der Waals surface area contributed by atoms with E-state index in [4.69, 9.17) is 4.74 Å². The van der Waals surface area contributed by atoms with E-state index in [1.165, 1.54) is 11.3 Å². The molecule has 2 aromatic rings. The Labute approximate surface area is 152 Å². The van der Waals surface area contributed by atoms with Crippen LogP contribution in [0.2, 0.25) is 0 Å². The van der Waals surface area contributed by atoms with E-state index in [9.17, 15) is 0 Å². The number of nitrogens with one attached hydrogen (secondary N) is 2. The van der Waals surface area contributed by atoms with Crippen molar-refractivity contribution in [2.24, 2.45) is 5.92 Å². The molecular formula is C22H32N2O. The average Bonchev–Trinajstić information content (AvgIpc) is 2.59. The summed E-state index contributed by atoms with van der Waals surface area (Å²) in [4.78, 5) is 0. The molecule has 0 aliphatic rings. The number of ether oxygens (including phenoxy) is 1. The molecule has 136 valence electrons. The Morgan fingerprint density at radius 1 is 0.880 bits per heavy atom. The fourth-order valence-electron chi connectivity index (χ4n) is 2.67. The molecule has 0 saturated carbocycles. The summed E-state index contributed by atoms with van der Waals surface area (Å²) in [6.07, 6.45) is 1.08. The maximum absolute atomic E-state index is 5.82. The van der Waals surface area contributed by atoms with Gasteiger partial charge < -0.3 is 15.4 Å². The van der Waals surface area contributed by atoms with Crippen molar-refractivity contribution in [3.8, 4) is 5.75 Å². The molecule has 3 heteroatoms. The third-order valence-corrected chi connectivity index (χ3v) is 4.15. The van der Waals surface area contributed by atoms with E-state index in [2.05, 4.69) is 74.7 Å². The van der Waals surface area contributed by atoms with Crippen molar-refractivity contribution in [2.75, 3.05) is 30.3 Å². The number of hydrogen-bond acceptors (Lipinski definition) is 3. The normalized spacial score (nSPS) is 11.0. The molecule has 0 aromatic heterocycles. The fraction of sp³-hybridized carbons (Fsp3) is 0.455. The predicted octanol–water partition coefficient (Wildman–Crippen LogP) is 5.76. The Bertz CT molecular complexity index is 637. The minimum Gasteiger partial charge on any atom is -0.494 e. The van der Waals surface area contributed by atoms with E-state index in [-0.39, 0.29) is 0 Å². The summed E-state index contributed by atoms with van der Waals surface area (Å²) in [6.45, 7) is 11.4. The van der Waals surface area contributed by atoms with Gasteiger partial charge in [0.1, 0.15) is 5.75 Å². The molecule has 2 rings (SSSR count). The van der Waals surface area contributed by atoms with Crippen LogP contribution in [0.3, 0.4) is 0 Å². The summed E-state index contributed by atoms with van der Waals surface area (Å²) in [5.41, 5.74) is 3.69. The summed E-state index contributed by atoms with van der Waals surface area (Å²) in [5, 5.41) is 6.99. The predicted molar refractivity (Wildman–Crippen MR) is 109 cm³/mol. The van der Waals surface area contributed by atoms with Crippen LogP contribution in [0.1, 0.15) is 45.6 Å². The molecular weight excluding hydrogens is 308 g/mol. The van der Waals surface area contributed by atoms with Crippen LogP contribution in [-0.4, -0.2) is 19.7 Å².